The Morgan fingerprint density at radius 2 is 2.18 bits per heavy atom. The van der Waals surface area contributed by atoms with Crippen LogP contribution in [0.15, 0.2) is 12.1 Å². The third-order valence-corrected chi connectivity index (χ3v) is 3.89. The van der Waals surface area contributed by atoms with Gasteiger partial charge in [-0.2, -0.15) is 0 Å². The van der Waals surface area contributed by atoms with Gasteiger partial charge in [-0.05, 0) is 48.6 Å². The third-order valence-electron chi connectivity index (χ3n) is 3.58. The molecule has 0 saturated carbocycles. The van der Waals surface area contributed by atoms with Crippen molar-refractivity contribution in [3.63, 3.8) is 0 Å². The van der Waals surface area contributed by atoms with Gasteiger partial charge in [0.15, 0.2) is 0 Å². The Hall–Kier alpha value is -0.730. The summed E-state index contributed by atoms with van der Waals surface area (Å²) in [4.78, 5) is 0. The molecule has 1 N–H and O–H groups in total. The second-order valence-corrected chi connectivity index (χ2v) is 5.11. The number of rotatable bonds is 3. The van der Waals surface area contributed by atoms with E-state index in [1.807, 2.05) is 6.07 Å². The highest BCUT2D eigenvalue weighted by atomic mass is 35.5. The minimum Gasteiger partial charge on any atom is -0.497 e. The zero-order valence-electron chi connectivity index (χ0n) is 10.7. The van der Waals surface area contributed by atoms with Crippen LogP contribution in [0, 0.1) is 0 Å². The Balaban J connectivity index is 2.47. The molecule has 0 aliphatic heterocycles. The van der Waals surface area contributed by atoms with E-state index >= 15 is 0 Å². The number of nitrogens with one attached hydrogen (secondary N) is 1. The second kappa shape index (κ2) is 5.28. The van der Waals surface area contributed by atoms with Gasteiger partial charge in [0.25, 0.3) is 0 Å². The molecule has 2 atom stereocenters. The Morgan fingerprint density at radius 3 is 2.82 bits per heavy atom. The molecule has 0 radical (unpaired) electrons. The van der Waals surface area contributed by atoms with Gasteiger partial charge in [-0.3, -0.25) is 0 Å². The van der Waals surface area contributed by atoms with Gasteiger partial charge in [-0.15, -0.1) is 0 Å². The highest BCUT2D eigenvalue weighted by molar-refractivity contribution is 6.31. The molecule has 2 rings (SSSR count). The Labute approximate surface area is 108 Å². The highest BCUT2D eigenvalue weighted by Crippen LogP contribution is 2.42. The first-order valence-electron chi connectivity index (χ1n) is 6.28. The number of hydrogen-bond acceptors (Lipinski definition) is 2. The van der Waals surface area contributed by atoms with E-state index in [0.29, 0.717) is 12.0 Å². The van der Waals surface area contributed by atoms with Crippen LogP contribution in [0.25, 0.3) is 0 Å². The number of methoxy groups -OCH3 is 1. The summed E-state index contributed by atoms with van der Waals surface area (Å²) >= 11 is 6.38. The SMILES string of the molecule is CCNC1CCC(C)c2c(Cl)cc(OC)cc21. The van der Waals surface area contributed by atoms with Crippen LogP contribution in [0.4, 0.5) is 0 Å². The number of halogens is 1. The van der Waals surface area contributed by atoms with Crippen LogP contribution in [0.2, 0.25) is 5.02 Å². The van der Waals surface area contributed by atoms with Crippen molar-refractivity contribution >= 4 is 11.6 Å². The molecule has 0 fully saturated rings. The number of hydrogen-bond donors (Lipinski definition) is 1. The van der Waals surface area contributed by atoms with Crippen molar-refractivity contribution in [2.45, 2.75) is 38.6 Å². The van der Waals surface area contributed by atoms with Crippen LogP contribution < -0.4 is 10.1 Å². The maximum absolute atomic E-state index is 6.38. The zero-order valence-corrected chi connectivity index (χ0v) is 11.5. The average molecular weight is 254 g/mol. The lowest BCUT2D eigenvalue weighted by Crippen LogP contribution is -2.26. The van der Waals surface area contributed by atoms with Crippen LogP contribution in [0.5, 0.6) is 5.75 Å². The van der Waals surface area contributed by atoms with E-state index in [1.165, 1.54) is 24.0 Å². The Bertz CT molecular complexity index is 405. The minimum atomic E-state index is 0.416. The number of benzene rings is 1. The first kappa shape index (κ1) is 12.7. The van der Waals surface area contributed by atoms with Crippen molar-refractivity contribution in [1.82, 2.24) is 5.32 Å². The van der Waals surface area contributed by atoms with Gasteiger partial charge in [-0.1, -0.05) is 25.4 Å². The van der Waals surface area contributed by atoms with Crippen molar-refractivity contribution in [3.05, 3.63) is 28.3 Å². The normalized spacial score (nSPS) is 23.3. The molecule has 2 unspecified atom stereocenters. The maximum Gasteiger partial charge on any atom is 0.120 e. The molecule has 1 aliphatic carbocycles. The lowest BCUT2D eigenvalue weighted by molar-refractivity contribution is 0.405. The van der Waals surface area contributed by atoms with Gasteiger partial charge in [0.2, 0.25) is 0 Å². The standard InChI is InChI=1S/C14H20ClNO/c1-4-16-13-6-5-9(2)14-11(13)7-10(17-3)8-12(14)15/h7-9,13,16H,4-6H2,1-3H3. The lowest BCUT2D eigenvalue weighted by atomic mass is 9.81. The molecular formula is C14H20ClNO. The van der Waals surface area contributed by atoms with E-state index in [4.69, 9.17) is 16.3 Å². The third kappa shape index (κ3) is 2.43. The summed E-state index contributed by atoms with van der Waals surface area (Å²) in [6.45, 7) is 5.37. The summed E-state index contributed by atoms with van der Waals surface area (Å²) in [5, 5.41) is 4.37. The first-order chi connectivity index (χ1) is 8.17. The lowest BCUT2D eigenvalue weighted by Gasteiger charge is -2.31. The van der Waals surface area contributed by atoms with Crippen LogP contribution in [-0.4, -0.2) is 13.7 Å². The largest absolute Gasteiger partial charge is 0.497 e. The van der Waals surface area contributed by atoms with Crippen LogP contribution in [0.1, 0.15) is 49.8 Å². The smallest absolute Gasteiger partial charge is 0.120 e. The quantitative estimate of drug-likeness (QED) is 0.882. The van der Waals surface area contributed by atoms with Crippen molar-refractivity contribution < 1.29 is 4.74 Å². The van der Waals surface area contributed by atoms with Gasteiger partial charge in [-0.25, -0.2) is 0 Å². The predicted octanol–water partition coefficient (Wildman–Crippen LogP) is 3.90. The van der Waals surface area contributed by atoms with E-state index in [1.54, 1.807) is 7.11 Å². The zero-order chi connectivity index (χ0) is 12.4. The highest BCUT2D eigenvalue weighted by Gasteiger charge is 2.27. The molecule has 94 valence electrons. The van der Waals surface area contributed by atoms with Gasteiger partial charge < -0.3 is 10.1 Å². The summed E-state index contributed by atoms with van der Waals surface area (Å²) in [5.74, 6) is 1.39. The topological polar surface area (TPSA) is 21.3 Å². The molecule has 3 heteroatoms. The summed E-state index contributed by atoms with van der Waals surface area (Å²) in [6, 6.07) is 4.47. The van der Waals surface area contributed by atoms with E-state index in [2.05, 4.69) is 25.2 Å². The van der Waals surface area contributed by atoms with Crippen molar-refractivity contribution in [2.75, 3.05) is 13.7 Å². The van der Waals surface area contributed by atoms with Gasteiger partial charge in [0, 0.05) is 11.1 Å². The minimum absolute atomic E-state index is 0.416. The fourth-order valence-electron chi connectivity index (χ4n) is 2.71. The summed E-state index contributed by atoms with van der Waals surface area (Å²) in [5.41, 5.74) is 2.61. The summed E-state index contributed by atoms with van der Waals surface area (Å²) in [6.07, 6.45) is 2.36. The molecule has 0 amide bonds. The first-order valence-corrected chi connectivity index (χ1v) is 6.65. The molecular weight excluding hydrogens is 234 g/mol. The van der Waals surface area contributed by atoms with E-state index in [9.17, 15) is 0 Å². The molecule has 0 heterocycles. The molecule has 2 nitrogen and oxygen atoms in total. The molecule has 0 bridgehead atoms. The van der Waals surface area contributed by atoms with Gasteiger partial charge >= 0.3 is 0 Å². The number of fused-ring (bicyclic) bond motifs is 1. The monoisotopic (exact) mass is 253 g/mol. The van der Waals surface area contributed by atoms with E-state index < -0.39 is 0 Å². The van der Waals surface area contributed by atoms with E-state index in [-0.39, 0.29) is 0 Å². The van der Waals surface area contributed by atoms with Gasteiger partial charge in [0.05, 0.1) is 7.11 Å². The van der Waals surface area contributed by atoms with Crippen LogP contribution in [-0.2, 0) is 0 Å². The molecule has 1 aromatic rings. The van der Waals surface area contributed by atoms with Crippen molar-refractivity contribution in [3.8, 4) is 5.75 Å². The molecule has 1 aromatic carbocycles. The molecule has 0 saturated heterocycles. The Kier molecular flexibility index (Phi) is 3.95. The Morgan fingerprint density at radius 1 is 1.41 bits per heavy atom. The fraction of sp³-hybridized carbons (Fsp3) is 0.571. The summed E-state index contributed by atoms with van der Waals surface area (Å²) in [7, 11) is 1.69. The van der Waals surface area contributed by atoms with E-state index in [0.717, 1.165) is 17.3 Å². The van der Waals surface area contributed by atoms with Gasteiger partial charge in [0.1, 0.15) is 5.75 Å². The van der Waals surface area contributed by atoms with Crippen molar-refractivity contribution in [1.29, 1.82) is 0 Å². The van der Waals surface area contributed by atoms with Crippen molar-refractivity contribution in [2.24, 2.45) is 0 Å². The van der Waals surface area contributed by atoms with Crippen LogP contribution >= 0.6 is 11.6 Å². The fourth-order valence-corrected chi connectivity index (χ4v) is 3.12. The molecule has 17 heavy (non-hydrogen) atoms. The number of ether oxygens (including phenoxy) is 1. The van der Waals surface area contributed by atoms with Crippen LogP contribution in [0.3, 0.4) is 0 Å². The molecule has 0 spiro atoms. The second-order valence-electron chi connectivity index (χ2n) is 4.70. The molecule has 1 aliphatic rings. The summed E-state index contributed by atoms with van der Waals surface area (Å²) < 4.78 is 5.31. The average Bonchev–Trinajstić information content (AvgIpc) is 2.32. The predicted molar refractivity (Wildman–Crippen MR) is 72.1 cm³/mol. The maximum atomic E-state index is 6.38. The molecule has 0 aromatic heterocycles.